The molecule has 0 radical (unpaired) electrons. The predicted octanol–water partition coefficient (Wildman–Crippen LogP) is 1.94. The van der Waals surface area contributed by atoms with Gasteiger partial charge in [-0.3, -0.25) is 9.36 Å². The van der Waals surface area contributed by atoms with Crippen molar-refractivity contribution in [2.75, 3.05) is 24.7 Å². The minimum atomic E-state index is -3.49. The van der Waals surface area contributed by atoms with Gasteiger partial charge < -0.3 is 29.6 Å². The lowest BCUT2D eigenvalue weighted by atomic mass is 9.97. The average molecular weight is 521 g/mol. The van der Waals surface area contributed by atoms with E-state index in [4.69, 9.17) is 36.1 Å². The zero-order chi connectivity index (χ0) is 25.1. The molecule has 6 atom stereocenters. The molecule has 0 amide bonds. The summed E-state index contributed by atoms with van der Waals surface area (Å²) in [5, 5.41) is 5.55. The second kappa shape index (κ2) is 8.57. The van der Waals surface area contributed by atoms with Gasteiger partial charge in [-0.2, -0.15) is 9.97 Å². The molecule has 2 aromatic heterocycles. The number of nitrogens with two attached hydrogens (primary N) is 1. The number of imidazole rings is 1. The molecule has 2 aliphatic rings. The first-order valence-electron chi connectivity index (χ1n) is 10.4. The first-order valence-corrected chi connectivity index (χ1v) is 13.1. The number of rotatable bonds is 6. The third kappa shape index (κ3) is 4.25. The van der Waals surface area contributed by atoms with Gasteiger partial charge in [-0.25, -0.2) is 18.9 Å². The number of ether oxygens (including phenoxy) is 2. The van der Waals surface area contributed by atoms with Gasteiger partial charge in [-0.1, -0.05) is 0 Å². The monoisotopic (exact) mass is 521 g/mol. The van der Waals surface area contributed by atoms with Crippen molar-refractivity contribution in [3.8, 4) is 0 Å². The number of esters is 1. The normalized spacial score (nSPS) is 34.2. The van der Waals surface area contributed by atoms with Crippen LogP contribution in [0.25, 0.3) is 11.2 Å². The number of aromatic nitrogens is 4. The van der Waals surface area contributed by atoms with Crippen LogP contribution in [0.2, 0.25) is 0 Å². The van der Waals surface area contributed by atoms with E-state index in [9.17, 15) is 4.79 Å². The molecular weight excluding hydrogens is 495 g/mol. The Kier molecular flexibility index (Phi) is 6.32. The van der Waals surface area contributed by atoms with Gasteiger partial charge in [0.15, 0.2) is 35.0 Å². The Hall–Kier alpha value is -2.03. The van der Waals surface area contributed by atoms with Crippen LogP contribution in [0.15, 0.2) is 6.33 Å². The van der Waals surface area contributed by atoms with Crippen LogP contribution in [0.4, 0.5) is 20.5 Å². The summed E-state index contributed by atoms with van der Waals surface area (Å²) >= 11 is 5.40. The molecule has 1 unspecified atom stereocenters. The highest BCUT2D eigenvalue weighted by atomic mass is 32.5. The minimum absolute atomic E-state index is 0.0916. The lowest BCUT2D eigenvalue weighted by Gasteiger charge is -2.40. The maximum Gasteiger partial charge on any atom is 0.323 e. The van der Waals surface area contributed by atoms with Crippen molar-refractivity contribution in [1.82, 2.24) is 24.6 Å². The molecule has 2 aromatic rings. The first kappa shape index (κ1) is 25.1. The number of fused-ring (bicyclic) bond motifs is 2. The molecule has 4 heterocycles. The Morgan fingerprint density at radius 1 is 1.41 bits per heavy atom. The maximum absolute atomic E-state index is 16.2. The van der Waals surface area contributed by atoms with Crippen molar-refractivity contribution in [1.29, 1.82) is 0 Å². The quantitative estimate of drug-likeness (QED) is 0.377. The summed E-state index contributed by atoms with van der Waals surface area (Å²) in [6, 6.07) is -0.929. The summed E-state index contributed by atoms with van der Waals surface area (Å²) in [6.45, 7) is 1.80. The molecule has 2 fully saturated rings. The van der Waals surface area contributed by atoms with Crippen LogP contribution in [0.3, 0.4) is 0 Å². The van der Waals surface area contributed by atoms with E-state index in [1.807, 2.05) is 0 Å². The number of carbonyl (C=O) groups is 1. The summed E-state index contributed by atoms with van der Waals surface area (Å²) in [4.78, 5) is 24.5. The predicted molar refractivity (Wildman–Crippen MR) is 122 cm³/mol. The van der Waals surface area contributed by atoms with E-state index in [2.05, 4.69) is 25.4 Å². The molecule has 188 valence electrons. The number of nitrogens with zero attached hydrogens (tertiary/aromatic N) is 4. The van der Waals surface area contributed by atoms with E-state index >= 15 is 8.78 Å². The van der Waals surface area contributed by atoms with Crippen molar-refractivity contribution in [3.05, 3.63) is 6.33 Å². The third-order valence-electron chi connectivity index (χ3n) is 5.36. The second-order valence-electron chi connectivity index (χ2n) is 8.50. The largest absolute Gasteiger partial charge is 0.462 e. The van der Waals surface area contributed by atoms with Crippen molar-refractivity contribution >= 4 is 47.3 Å². The van der Waals surface area contributed by atoms with E-state index in [-0.39, 0.29) is 17.7 Å². The summed E-state index contributed by atoms with van der Waals surface area (Å²) < 4.78 is 54.9. The lowest BCUT2D eigenvalue weighted by Crippen LogP contribution is -2.52. The van der Waals surface area contributed by atoms with Crippen LogP contribution in [0.5, 0.6) is 0 Å². The Morgan fingerprint density at radius 2 is 2.12 bits per heavy atom. The molecule has 0 aliphatic carbocycles. The van der Waals surface area contributed by atoms with Gasteiger partial charge in [0.25, 0.3) is 12.5 Å². The number of nitrogen functional groups attached to an aromatic ring is 1. The number of anilines is 2. The highest BCUT2D eigenvalue weighted by Crippen LogP contribution is 2.61. The van der Waals surface area contributed by atoms with E-state index in [1.165, 1.54) is 17.8 Å². The molecule has 0 aromatic carbocycles. The zero-order valence-electron chi connectivity index (χ0n) is 19.1. The van der Waals surface area contributed by atoms with Crippen LogP contribution in [0, 0.1) is 0 Å². The van der Waals surface area contributed by atoms with Crippen LogP contribution in [-0.2, 0) is 35.1 Å². The van der Waals surface area contributed by atoms with Crippen LogP contribution in [-0.4, -0.2) is 68.9 Å². The Bertz CT molecular complexity index is 1170. The fraction of sp³-hybridized carbons (Fsp3) is 0.667. The highest BCUT2D eigenvalue weighted by molar-refractivity contribution is 8.09. The Morgan fingerprint density at radius 3 is 2.76 bits per heavy atom. The second-order valence-corrected chi connectivity index (χ2v) is 11.7. The average Bonchev–Trinajstić information content (AvgIpc) is 3.24. The molecule has 4 rings (SSSR count). The Balaban J connectivity index is 1.63. The van der Waals surface area contributed by atoms with Gasteiger partial charge in [0.05, 0.1) is 12.4 Å². The molecule has 2 aliphatic heterocycles. The van der Waals surface area contributed by atoms with E-state index < -0.39 is 49.1 Å². The molecule has 0 saturated carbocycles. The number of alkyl halides is 2. The van der Waals surface area contributed by atoms with Crippen molar-refractivity contribution < 1.29 is 32.1 Å². The van der Waals surface area contributed by atoms with Gasteiger partial charge in [0, 0.05) is 7.05 Å². The number of hydrogen-bond donors (Lipinski definition) is 3. The standard InChI is InChI=1S/C18H26F2N7O5PS/c1-8(2)30-13(28)9(3)26-33(34)29-6-18(20)14(32-33)17(4,19)15(31-18)27-7-23-10-11(22-5)24-16(21)25-12(10)27/h7-9,14-15H,6H2,1-5H3,(H,26,34)(H3,21,22,24,25)/t9-,14-,15+,17+,18+,33?/m0/s1. The highest BCUT2D eigenvalue weighted by Gasteiger charge is 2.69. The van der Waals surface area contributed by atoms with Crippen LogP contribution < -0.4 is 16.1 Å². The number of carbonyl (C=O) groups excluding carboxylic acids is 1. The van der Waals surface area contributed by atoms with E-state index in [1.54, 1.807) is 20.9 Å². The molecule has 34 heavy (non-hydrogen) atoms. The van der Waals surface area contributed by atoms with Crippen molar-refractivity contribution in [2.24, 2.45) is 0 Å². The van der Waals surface area contributed by atoms with Crippen molar-refractivity contribution in [2.45, 2.75) is 63.7 Å². The Labute approximate surface area is 199 Å². The molecular formula is C18H26F2N7O5PS. The zero-order valence-corrected chi connectivity index (χ0v) is 20.8. The first-order chi connectivity index (χ1) is 15.8. The number of hydrogen-bond acceptors (Lipinski definition) is 11. The van der Waals surface area contributed by atoms with E-state index in [0.717, 1.165) is 6.92 Å². The molecule has 4 N–H and O–H groups in total. The lowest BCUT2D eigenvalue weighted by molar-refractivity contribution is -0.211. The number of halogens is 2. The summed E-state index contributed by atoms with van der Waals surface area (Å²) in [5.74, 6) is -3.05. The smallest absolute Gasteiger partial charge is 0.323 e. The van der Waals surface area contributed by atoms with Crippen molar-refractivity contribution in [3.63, 3.8) is 0 Å². The number of nitrogens with one attached hydrogen (secondary N) is 2. The van der Waals surface area contributed by atoms with Gasteiger partial charge in [-0.15, -0.1) is 0 Å². The van der Waals surface area contributed by atoms with Crippen LogP contribution >= 0.6 is 6.64 Å². The summed E-state index contributed by atoms with van der Waals surface area (Å²) in [6.07, 6.45) is -2.42. The van der Waals surface area contributed by atoms with Gasteiger partial charge >= 0.3 is 5.97 Å². The van der Waals surface area contributed by atoms with E-state index in [0.29, 0.717) is 11.3 Å². The fourth-order valence-corrected chi connectivity index (χ4v) is 6.50. The van der Waals surface area contributed by atoms with Gasteiger partial charge in [0.1, 0.15) is 12.6 Å². The minimum Gasteiger partial charge on any atom is -0.462 e. The topological polar surface area (TPSA) is 148 Å². The maximum atomic E-state index is 16.2. The molecule has 2 saturated heterocycles. The summed E-state index contributed by atoms with van der Waals surface area (Å²) in [5.41, 5.74) is 3.74. The fourth-order valence-electron chi connectivity index (χ4n) is 3.85. The molecule has 0 spiro atoms. The van der Waals surface area contributed by atoms with Crippen LogP contribution in [0.1, 0.15) is 33.9 Å². The SMILES string of the molecule is CNc1nc(N)nc2c1ncn2[C@@H]1O[C@]2(F)COP(=S)(N[C@@H](C)C(=O)OC(C)C)O[C@H]2[C@@]1(C)F. The molecule has 12 nitrogen and oxygen atoms in total. The van der Waals surface area contributed by atoms with Gasteiger partial charge in [-0.05, 0) is 39.5 Å². The summed E-state index contributed by atoms with van der Waals surface area (Å²) in [7, 11) is 1.61. The third-order valence-corrected chi connectivity index (χ3v) is 7.91. The van der Waals surface area contributed by atoms with Gasteiger partial charge in [0.2, 0.25) is 5.95 Å². The molecule has 0 bridgehead atoms. The molecule has 16 heteroatoms.